The minimum atomic E-state index is -0.492. The van der Waals surface area contributed by atoms with Crippen LogP contribution < -0.4 is 4.90 Å². The van der Waals surface area contributed by atoms with Gasteiger partial charge in [-0.15, -0.1) is 0 Å². The van der Waals surface area contributed by atoms with Gasteiger partial charge in [0.1, 0.15) is 0 Å². The van der Waals surface area contributed by atoms with Crippen molar-refractivity contribution in [2.45, 2.75) is 26.2 Å². The van der Waals surface area contributed by atoms with Gasteiger partial charge in [0.05, 0.1) is 11.1 Å². The zero-order valence-electron chi connectivity index (χ0n) is 11.8. The lowest BCUT2D eigenvalue weighted by Crippen LogP contribution is -2.38. The second kappa shape index (κ2) is 4.20. The summed E-state index contributed by atoms with van der Waals surface area (Å²) in [6.07, 6.45) is 6.49. The lowest BCUT2D eigenvalue weighted by atomic mass is 9.74. The number of imide groups is 1. The molecule has 1 saturated carbocycles. The molecular formula is C17H16ClNO2. The molecule has 2 fully saturated rings. The first-order valence-electron chi connectivity index (χ1n) is 7.33. The van der Waals surface area contributed by atoms with Gasteiger partial charge in [-0.1, -0.05) is 29.8 Å². The van der Waals surface area contributed by atoms with E-state index in [9.17, 15) is 9.59 Å². The average Bonchev–Trinajstić information content (AvgIpc) is 3.09. The number of aryl methyl sites for hydroxylation is 1. The first kappa shape index (κ1) is 13.1. The highest BCUT2D eigenvalue weighted by Crippen LogP contribution is 2.57. The highest BCUT2D eigenvalue weighted by Gasteiger charge is 2.60. The van der Waals surface area contributed by atoms with Crippen LogP contribution in [0.5, 0.6) is 0 Å². The Labute approximate surface area is 128 Å². The van der Waals surface area contributed by atoms with Crippen molar-refractivity contribution in [3.63, 3.8) is 0 Å². The third kappa shape index (κ3) is 1.67. The minimum absolute atomic E-state index is 0.0377. The van der Waals surface area contributed by atoms with E-state index >= 15 is 0 Å². The Morgan fingerprint density at radius 2 is 2.10 bits per heavy atom. The van der Waals surface area contributed by atoms with Crippen molar-refractivity contribution in [2.24, 2.45) is 17.3 Å². The maximum Gasteiger partial charge on any atom is 0.241 e. The number of nitrogens with zero attached hydrogens (tertiary/aromatic N) is 1. The van der Waals surface area contributed by atoms with Crippen molar-refractivity contribution in [1.29, 1.82) is 0 Å². The molecule has 2 bridgehead atoms. The Kier molecular flexibility index (Phi) is 2.62. The summed E-state index contributed by atoms with van der Waals surface area (Å²) in [7, 11) is 0. The Balaban J connectivity index is 1.74. The largest absolute Gasteiger partial charge is 0.274 e. The molecule has 4 rings (SSSR count). The highest BCUT2D eigenvalue weighted by molar-refractivity contribution is 6.32. The van der Waals surface area contributed by atoms with Crippen molar-refractivity contribution in [3.05, 3.63) is 40.9 Å². The fourth-order valence-corrected chi connectivity index (χ4v) is 4.32. The SMILES string of the molecule is Cc1ccc(N2C(=O)C[C@@]3(C[C@@H]4C=C[C@@H]3C4)C2=O)cc1Cl. The Morgan fingerprint density at radius 1 is 1.29 bits per heavy atom. The van der Waals surface area contributed by atoms with Crippen LogP contribution in [-0.4, -0.2) is 11.8 Å². The average molecular weight is 302 g/mol. The summed E-state index contributed by atoms with van der Waals surface area (Å²) in [5.74, 6) is 0.559. The maximum absolute atomic E-state index is 13.0. The summed E-state index contributed by atoms with van der Waals surface area (Å²) in [5.41, 5.74) is 1.05. The monoisotopic (exact) mass is 301 g/mol. The second-order valence-corrected chi connectivity index (χ2v) is 6.90. The van der Waals surface area contributed by atoms with Gasteiger partial charge in [0, 0.05) is 11.4 Å². The summed E-state index contributed by atoms with van der Waals surface area (Å²) in [4.78, 5) is 26.8. The summed E-state index contributed by atoms with van der Waals surface area (Å²) in [5, 5.41) is 0.585. The summed E-state index contributed by atoms with van der Waals surface area (Å²) >= 11 is 6.14. The first-order valence-corrected chi connectivity index (χ1v) is 7.71. The lowest BCUT2D eigenvalue weighted by Gasteiger charge is -2.28. The molecule has 2 amide bonds. The van der Waals surface area contributed by atoms with Gasteiger partial charge < -0.3 is 0 Å². The normalized spacial score (nSPS) is 33.7. The number of allylic oxidation sites excluding steroid dienone is 2. The van der Waals surface area contributed by atoms with E-state index in [1.165, 1.54) is 4.90 Å². The van der Waals surface area contributed by atoms with Gasteiger partial charge in [-0.3, -0.25) is 9.59 Å². The van der Waals surface area contributed by atoms with Crippen molar-refractivity contribution in [3.8, 4) is 0 Å². The molecule has 0 aromatic heterocycles. The number of rotatable bonds is 1. The van der Waals surface area contributed by atoms with Crippen molar-refractivity contribution >= 4 is 29.1 Å². The van der Waals surface area contributed by atoms with Crippen LogP contribution in [0.2, 0.25) is 5.02 Å². The Hall–Kier alpha value is -1.61. The van der Waals surface area contributed by atoms with E-state index in [1.807, 2.05) is 13.0 Å². The van der Waals surface area contributed by atoms with Crippen molar-refractivity contribution in [1.82, 2.24) is 0 Å². The van der Waals surface area contributed by atoms with Crippen LogP contribution in [0.15, 0.2) is 30.4 Å². The Morgan fingerprint density at radius 3 is 2.71 bits per heavy atom. The molecule has 3 nitrogen and oxygen atoms in total. The molecule has 1 spiro atoms. The highest BCUT2D eigenvalue weighted by atomic mass is 35.5. The molecule has 0 radical (unpaired) electrons. The van der Waals surface area contributed by atoms with Crippen molar-refractivity contribution in [2.75, 3.05) is 4.90 Å². The van der Waals surface area contributed by atoms with Crippen LogP contribution in [0.1, 0.15) is 24.8 Å². The number of benzene rings is 1. The number of hydrogen-bond donors (Lipinski definition) is 0. The van der Waals surface area contributed by atoms with Crippen LogP contribution in [0.4, 0.5) is 5.69 Å². The van der Waals surface area contributed by atoms with Crippen LogP contribution in [0, 0.1) is 24.2 Å². The van der Waals surface area contributed by atoms with Crippen LogP contribution in [-0.2, 0) is 9.59 Å². The van der Waals surface area contributed by atoms with Crippen molar-refractivity contribution < 1.29 is 9.59 Å². The Bertz CT molecular complexity index is 696. The lowest BCUT2D eigenvalue weighted by molar-refractivity contribution is -0.126. The molecule has 21 heavy (non-hydrogen) atoms. The summed E-state index contributed by atoms with van der Waals surface area (Å²) in [6, 6.07) is 5.37. The van der Waals surface area contributed by atoms with Crippen LogP contribution in [0.3, 0.4) is 0 Å². The fourth-order valence-electron chi connectivity index (χ4n) is 4.15. The number of carbonyl (C=O) groups excluding carboxylic acids is 2. The standard InChI is InChI=1S/C17H16ClNO2/c1-10-2-5-13(7-14(10)18)19-15(20)9-17(16(19)21)8-11-3-4-12(17)6-11/h2-5,7,11-12H,6,8-9H2,1H3/t11-,12-,17-/m1/s1. The number of carbonyl (C=O) groups is 2. The molecule has 1 saturated heterocycles. The molecule has 4 heteroatoms. The van der Waals surface area contributed by atoms with Gasteiger partial charge in [0.25, 0.3) is 0 Å². The molecule has 3 aliphatic rings. The molecule has 1 heterocycles. The second-order valence-electron chi connectivity index (χ2n) is 6.49. The van der Waals surface area contributed by atoms with E-state index in [0.717, 1.165) is 18.4 Å². The predicted octanol–water partition coefficient (Wildman–Crippen LogP) is 3.49. The minimum Gasteiger partial charge on any atom is -0.274 e. The van der Waals surface area contributed by atoms with Crippen LogP contribution >= 0.6 is 11.6 Å². The van der Waals surface area contributed by atoms with E-state index in [1.54, 1.807) is 12.1 Å². The number of halogens is 1. The molecule has 108 valence electrons. The molecule has 1 aliphatic heterocycles. The molecule has 2 aliphatic carbocycles. The molecule has 1 aromatic carbocycles. The van der Waals surface area contributed by atoms with Gasteiger partial charge in [-0.2, -0.15) is 0 Å². The molecule has 0 N–H and O–H groups in total. The third-order valence-electron chi connectivity index (χ3n) is 5.27. The zero-order valence-corrected chi connectivity index (χ0v) is 12.6. The topological polar surface area (TPSA) is 37.4 Å². The number of anilines is 1. The number of amides is 2. The van der Waals surface area contributed by atoms with Crippen LogP contribution in [0.25, 0.3) is 0 Å². The van der Waals surface area contributed by atoms with E-state index in [-0.39, 0.29) is 17.7 Å². The molecular weight excluding hydrogens is 286 g/mol. The summed E-state index contributed by atoms with van der Waals surface area (Å²) in [6.45, 7) is 1.90. The summed E-state index contributed by atoms with van der Waals surface area (Å²) < 4.78 is 0. The van der Waals surface area contributed by atoms with E-state index < -0.39 is 5.41 Å². The number of fused-ring (bicyclic) bond motifs is 3. The zero-order chi connectivity index (χ0) is 14.8. The molecule has 1 aromatic rings. The number of hydrogen-bond acceptors (Lipinski definition) is 2. The fraction of sp³-hybridized carbons (Fsp3) is 0.412. The maximum atomic E-state index is 13.0. The smallest absolute Gasteiger partial charge is 0.241 e. The van der Waals surface area contributed by atoms with E-state index in [2.05, 4.69) is 12.2 Å². The quantitative estimate of drug-likeness (QED) is 0.588. The predicted molar refractivity (Wildman–Crippen MR) is 81.1 cm³/mol. The van der Waals surface area contributed by atoms with Gasteiger partial charge in [0.2, 0.25) is 11.8 Å². The van der Waals surface area contributed by atoms with E-state index in [0.29, 0.717) is 23.0 Å². The molecule has 0 unspecified atom stereocenters. The van der Waals surface area contributed by atoms with Gasteiger partial charge in [-0.25, -0.2) is 4.90 Å². The first-order chi connectivity index (χ1) is 10.0. The van der Waals surface area contributed by atoms with E-state index in [4.69, 9.17) is 11.6 Å². The third-order valence-corrected chi connectivity index (χ3v) is 5.67. The van der Waals surface area contributed by atoms with Gasteiger partial charge >= 0.3 is 0 Å². The van der Waals surface area contributed by atoms with Gasteiger partial charge in [-0.05, 0) is 49.3 Å². The van der Waals surface area contributed by atoms with Gasteiger partial charge in [0.15, 0.2) is 0 Å². The molecule has 3 atom stereocenters.